The van der Waals surface area contributed by atoms with Gasteiger partial charge in [0, 0.05) is 12.2 Å². The number of aliphatic hydroxyl groups excluding tert-OH is 1. The number of hydrogen-bond donors (Lipinski definition) is 3. The fourth-order valence-corrected chi connectivity index (χ4v) is 3.91. The predicted octanol–water partition coefficient (Wildman–Crippen LogP) is 0.901. The normalized spacial score (nSPS) is 24.6. The first-order valence-electron chi connectivity index (χ1n) is 8.04. The van der Waals surface area contributed by atoms with E-state index in [0.717, 1.165) is 5.75 Å². The van der Waals surface area contributed by atoms with Crippen molar-refractivity contribution in [3.63, 3.8) is 0 Å². The Morgan fingerprint density at radius 1 is 1.52 bits per heavy atom. The van der Waals surface area contributed by atoms with Gasteiger partial charge < -0.3 is 20.7 Å². The van der Waals surface area contributed by atoms with Crippen molar-refractivity contribution in [3.8, 4) is 0 Å². The third-order valence-electron chi connectivity index (χ3n) is 4.25. The second kappa shape index (κ2) is 7.54. The number of carboxylic acid groups (broad SMARTS) is 1. The van der Waals surface area contributed by atoms with E-state index in [1.807, 2.05) is 0 Å². The fraction of sp³-hybridized carbons (Fsp3) is 0.600. The number of anilines is 1. The fourth-order valence-electron chi connectivity index (χ4n) is 2.74. The van der Waals surface area contributed by atoms with E-state index >= 15 is 0 Å². The van der Waals surface area contributed by atoms with Crippen LogP contribution in [0, 0.1) is 5.92 Å². The third-order valence-corrected chi connectivity index (χ3v) is 5.38. The lowest BCUT2D eigenvalue weighted by Crippen LogP contribution is -2.19. The van der Waals surface area contributed by atoms with E-state index in [-0.39, 0.29) is 17.8 Å². The van der Waals surface area contributed by atoms with Crippen molar-refractivity contribution < 1.29 is 19.7 Å². The number of carboxylic acids is 1. The molecule has 0 amide bonds. The third kappa shape index (κ3) is 3.86. The summed E-state index contributed by atoms with van der Waals surface area (Å²) in [7, 11) is 0. The van der Waals surface area contributed by atoms with Gasteiger partial charge in [-0.2, -0.15) is 11.8 Å². The van der Waals surface area contributed by atoms with Crippen LogP contribution in [0.1, 0.15) is 26.0 Å². The van der Waals surface area contributed by atoms with E-state index in [1.165, 1.54) is 6.33 Å². The maximum atomic E-state index is 10.8. The van der Waals surface area contributed by atoms with E-state index in [4.69, 9.17) is 15.6 Å². The smallest absolute Gasteiger partial charge is 0.306 e. The summed E-state index contributed by atoms with van der Waals surface area (Å²) in [6.45, 7) is 1.70. The molecule has 4 atom stereocenters. The largest absolute Gasteiger partial charge is 0.481 e. The van der Waals surface area contributed by atoms with Crippen LogP contribution in [0.15, 0.2) is 12.7 Å². The van der Waals surface area contributed by atoms with Gasteiger partial charge in [0.05, 0.1) is 18.3 Å². The van der Waals surface area contributed by atoms with E-state index in [1.54, 1.807) is 29.6 Å². The lowest BCUT2D eigenvalue weighted by molar-refractivity contribution is -0.141. The second-order valence-corrected chi connectivity index (χ2v) is 7.29. The summed E-state index contributed by atoms with van der Waals surface area (Å²) in [6.07, 6.45) is 2.68. The number of carbonyl (C=O) groups is 1. The summed E-state index contributed by atoms with van der Waals surface area (Å²) in [6, 6.07) is 0. The van der Waals surface area contributed by atoms with Crippen LogP contribution in [0.4, 0.5) is 5.82 Å². The molecule has 1 fully saturated rings. The van der Waals surface area contributed by atoms with Crippen molar-refractivity contribution in [2.45, 2.75) is 38.2 Å². The number of aliphatic carboxylic acids is 1. The molecule has 2 aromatic heterocycles. The molecule has 1 saturated heterocycles. The molecule has 136 valence electrons. The Kier molecular flexibility index (Phi) is 5.40. The van der Waals surface area contributed by atoms with Gasteiger partial charge in [-0.05, 0) is 12.2 Å². The average Bonchev–Trinajstić information content (AvgIpc) is 3.15. The van der Waals surface area contributed by atoms with E-state index in [2.05, 4.69) is 15.0 Å². The summed E-state index contributed by atoms with van der Waals surface area (Å²) in [5.41, 5.74) is 6.79. The maximum absolute atomic E-state index is 10.8. The molecule has 0 aromatic carbocycles. The number of aliphatic hydroxyl groups is 1. The lowest BCUT2D eigenvalue weighted by atomic mass is 10.1. The number of rotatable bonds is 7. The number of fused-ring (bicyclic) bond motifs is 1. The quantitative estimate of drug-likeness (QED) is 0.610. The van der Waals surface area contributed by atoms with E-state index < -0.39 is 18.3 Å². The molecule has 9 nitrogen and oxygen atoms in total. The Bertz CT molecular complexity index is 755. The molecule has 25 heavy (non-hydrogen) atoms. The molecule has 3 heterocycles. The van der Waals surface area contributed by atoms with Crippen LogP contribution in [0.3, 0.4) is 0 Å². The maximum Gasteiger partial charge on any atom is 0.306 e. The number of thioether (sulfide) groups is 1. The highest BCUT2D eigenvalue weighted by Gasteiger charge is 2.36. The standard InChI is InChI=1S/C15H21N5O4S/c1-8(15(22)23)2-3-25-5-9-4-10(21)14(24-9)20-7-19-11-12(16)17-6-18-13(11)20/h6-10,14,21H,2-5H2,1H3,(H,22,23)(H2,16,17,18)/t8-,9-,10+,14+/m0/s1. The van der Waals surface area contributed by atoms with Gasteiger partial charge in [-0.3, -0.25) is 9.36 Å². The number of ether oxygens (including phenoxy) is 1. The average molecular weight is 367 g/mol. The number of nitrogen functional groups attached to an aromatic ring is 1. The molecule has 0 radical (unpaired) electrons. The minimum absolute atomic E-state index is 0.109. The minimum Gasteiger partial charge on any atom is -0.481 e. The van der Waals surface area contributed by atoms with Crippen LogP contribution in [-0.4, -0.2) is 59.4 Å². The topological polar surface area (TPSA) is 136 Å². The molecule has 1 aliphatic rings. The van der Waals surface area contributed by atoms with Crippen molar-refractivity contribution in [2.75, 3.05) is 17.2 Å². The Hall–Kier alpha value is -1.91. The molecule has 0 spiro atoms. The summed E-state index contributed by atoms with van der Waals surface area (Å²) >= 11 is 1.63. The van der Waals surface area contributed by atoms with Crippen molar-refractivity contribution in [3.05, 3.63) is 12.7 Å². The number of nitrogens with zero attached hydrogens (tertiary/aromatic N) is 4. The Labute approximate surface area is 148 Å². The van der Waals surface area contributed by atoms with Crippen LogP contribution in [0.25, 0.3) is 11.2 Å². The number of aromatic nitrogens is 4. The van der Waals surface area contributed by atoms with Crippen LogP contribution < -0.4 is 5.73 Å². The van der Waals surface area contributed by atoms with Gasteiger partial charge in [-0.25, -0.2) is 15.0 Å². The Balaban J connectivity index is 1.58. The zero-order valence-corrected chi connectivity index (χ0v) is 14.6. The van der Waals surface area contributed by atoms with Crippen LogP contribution in [0.2, 0.25) is 0 Å². The number of hydrogen-bond acceptors (Lipinski definition) is 8. The number of imidazole rings is 1. The Morgan fingerprint density at radius 2 is 2.32 bits per heavy atom. The molecule has 1 aliphatic heterocycles. The van der Waals surface area contributed by atoms with Gasteiger partial charge in [0.15, 0.2) is 17.7 Å². The Morgan fingerprint density at radius 3 is 3.08 bits per heavy atom. The van der Waals surface area contributed by atoms with E-state index in [0.29, 0.717) is 29.8 Å². The molecule has 0 unspecified atom stereocenters. The highest BCUT2D eigenvalue weighted by Crippen LogP contribution is 2.33. The summed E-state index contributed by atoms with van der Waals surface area (Å²) in [4.78, 5) is 23.1. The zero-order chi connectivity index (χ0) is 18.0. The van der Waals surface area contributed by atoms with Crippen molar-refractivity contribution >= 4 is 34.7 Å². The molecular formula is C15H21N5O4S. The molecule has 2 aromatic rings. The van der Waals surface area contributed by atoms with Crippen LogP contribution in [0.5, 0.6) is 0 Å². The van der Waals surface area contributed by atoms with Gasteiger partial charge in [-0.1, -0.05) is 6.92 Å². The summed E-state index contributed by atoms with van der Waals surface area (Å²) < 4.78 is 7.63. The van der Waals surface area contributed by atoms with Gasteiger partial charge in [0.2, 0.25) is 0 Å². The molecular weight excluding hydrogens is 346 g/mol. The van der Waals surface area contributed by atoms with Gasteiger partial charge >= 0.3 is 5.97 Å². The van der Waals surface area contributed by atoms with Crippen LogP contribution >= 0.6 is 11.8 Å². The molecule has 0 bridgehead atoms. The summed E-state index contributed by atoms with van der Waals surface area (Å²) in [5, 5.41) is 19.2. The highest BCUT2D eigenvalue weighted by molar-refractivity contribution is 7.99. The molecule has 4 N–H and O–H groups in total. The van der Waals surface area contributed by atoms with Crippen LogP contribution in [-0.2, 0) is 9.53 Å². The molecule has 3 rings (SSSR count). The molecule has 10 heteroatoms. The number of nitrogens with two attached hydrogens (primary N) is 1. The highest BCUT2D eigenvalue weighted by atomic mass is 32.2. The summed E-state index contributed by atoms with van der Waals surface area (Å²) in [5.74, 6) is 0.602. The predicted molar refractivity (Wildman–Crippen MR) is 93.0 cm³/mol. The van der Waals surface area contributed by atoms with E-state index in [9.17, 15) is 9.90 Å². The van der Waals surface area contributed by atoms with Gasteiger partial charge in [-0.15, -0.1) is 0 Å². The first-order valence-corrected chi connectivity index (χ1v) is 9.20. The van der Waals surface area contributed by atoms with Gasteiger partial charge in [0.25, 0.3) is 0 Å². The van der Waals surface area contributed by atoms with Crippen molar-refractivity contribution in [1.29, 1.82) is 0 Å². The zero-order valence-electron chi connectivity index (χ0n) is 13.8. The monoisotopic (exact) mass is 367 g/mol. The SMILES string of the molecule is C[C@@H](CCSC[C@@H]1C[C@@H](O)[C@H](n2cnc3c(N)ncnc32)O1)C(=O)O. The lowest BCUT2D eigenvalue weighted by Gasteiger charge is -2.16. The first-order chi connectivity index (χ1) is 12.0. The second-order valence-electron chi connectivity index (χ2n) is 6.14. The van der Waals surface area contributed by atoms with Gasteiger partial charge in [0.1, 0.15) is 17.9 Å². The first kappa shape index (κ1) is 17.9. The molecule has 0 aliphatic carbocycles. The van der Waals surface area contributed by atoms with Crippen molar-refractivity contribution in [1.82, 2.24) is 19.5 Å². The minimum atomic E-state index is -0.776. The van der Waals surface area contributed by atoms with Crippen molar-refractivity contribution in [2.24, 2.45) is 5.92 Å². The molecule has 0 saturated carbocycles.